The predicted octanol–water partition coefficient (Wildman–Crippen LogP) is 12.6. The van der Waals surface area contributed by atoms with Crippen LogP contribution in [0.1, 0.15) is 139 Å². The monoisotopic (exact) mass is 808 g/mol. The average molecular weight is 809 g/mol. The number of hydrogen-bond donors (Lipinski definition) is 2. The van der Waals surface area contributed by atoms with Crippen LogP contribution in [0.2, 0.25) is 0 Å². The van der Waals surface area contributed by atoms with Crippen LogP contribution in [0.15, 0.2) is 97.1 Å². The van der Waals surface area contributed by atoms with Gasteiger partial charge in [0.15, 0.2) is 23.0 Å². The molecule has 0 spiro atoms. The van der Waals surface area contributed by atoms with Gasteiger partial charge in [0.25, 0.3) is 0 Å². The van der Waals surface area contributed by atoms with Crippen LogP contribution in [0.5, 0.6) is 23.0 Å². The summed E-state index contributed by atoms with van der Waals surface area (Å²) in [5, 5.41) is 31.3. The van der Waals surface area contributed by atoms with Crippen molar-refractivity contribution >= 4 is 21.5 Å². The first-order chi connectivity index (χ1) is 28.6. The van der Waals surface area contributed by atoms with Crippen LogP contribution >= 0.6 is 0 Å². The molecular weight excluding hydrogens is 745 g/mol. The molecule has 6 heteroatoms. The van der Waals surface area contributed by atoms with E-state index in [-0.39, 0.29) is 10.8 Å². The first-order valence-electron chi connectivity index (χ1n) is 22.0. The van der Waals surface area contributed by atoms with E-state index in [1.807, 2.05) is 72.8 Å². The fourth-order valence-corrected chi connectivity index (χ4v) is 8.45. The molecule has 60 heavy (non-hydrogen) atoms. The van der Waals surface area contributed by atoms with Gasteiger partial charge >= 0.3 is 0 Å². The Hall–Kier alpha value is -5.04. The van der Waals surface area contributed by atoms with Crippen molar-refractivity contribution in [3.8, 4) is 23.0 Å². The molecule has 0 atom stereocenters. The van der Waals surface area contributed by atoms with E-state index in [9.17, 15) is 10.2 Å². The molecule has 0 bridgehead atoms. The molecule has 0 saturated carbocycles. The van der Waals surface area contributed by atoms with Crippen molar-refractivity contribution in [2.75, 3.05) is 26.4 Å². The van der Waals surface area contributed by atoms with Gasteiger partial charge in [-0.1, -0.05) is 118 Å². The molecule has 0 fully saturated rings. The summed E-state index contributed by atoms with van der Waals surface area (Å²) < 4.78 is 25.1. The third-order valence-electron chi connectivity index (χ3n) is 11.8. The van der Waals surface area contributed by atoms with Crippen molar-refractivity contribution in [3.05, 3.63) is 142 Å². The van der Waals surface area contributed by atoms with Crippen LogP contribution in [-0.2, 0) is 22.0 Å². The zero-order valence-corrected chi connectivity index (χ0v) is 37.4. The van der Waals surface area contributed by atoms with Gasteiger partial charge in [0, 0.05) is 22.3 Å². The van der Waals surface area contributed by atoms with Gasteiger partial charge in [0.2, 0.25) is 0 Å². The summed E-state index contributed by atoms with van der Waals surface area (Å²) >= 11 is 0. The van der Waals surface area contributed by atoms with Gasteiger partial charge in [-0.15, -0.1) is 0 Å². The molecule has 6 aromatic carbocycles. The topological polar surface area (TPSA) is 77.4 Å². The van der Waals surface area contributed by atoms with E-state index >= 15 is 0 Å². The van der Waals surface area contributed by atoms with Crippen molar-refractivity contribution in [2.45, 2.75) is 117 Å². The third kappa shape index (κ3) is 7.85. The summed E-state index contributed by atoms with van der Waals surface area (Å²) in [7, 11) is 0. The van der Waals surface area contributed by atoms with Crippen molar-refractivity contribution in [1.29, 1.82) is 0 Å². The molecule has 0 saturated heterocycles. The number of aliphatic hydroxyl groups is 2. The largest absolute Gasteiger partial charge is 0.490 e. The van der Waals surface area contributed by atoms with Gasteiger partial charge in [-0.3, -0.25) is 0 Å². The smallest absolute Gasteiger partial charge is 0.161 e. The SMILES string of the molecule is CCCOc1cc2cc3c(cc2cc1OCCC)C(O)(c1ccc(C(C)(C)C)cc1)c1cc2cc(OCCC)c(OCCC)cc2cc1C3(O)c1ccc(C(C)(C)C)cc1. The molecule has 1 aliphatic carbocycles. The highest BCUT2D eigenvalue weighted by atomic mass is 16.5. The fraction of sp³-hybridized carbons (Fsp3) is 0.407. The molecule has 1 aliphatic rings. The van der Waals surface area contributed by atoms with E-state index < -0.39 is 11.2 Å². The molecule has 6 aromatic rings. The summed E-state index contributed by atoms with van der Waals surface area (Å²) in [4.78, 5) is 0. The lowest BCUT2D eigenvalue weighted by molar-refractivity contribution is 0.0752. The van der Waals surface area contributed by atoms with Crippen LogP contribution in [0, 0.1) is 0 Å². The van der Waals surface area contributed by atoms with Crippen LogP contribution in [0.3, 0.4) is 0 Å². The van der Waals surface area contributed by atoms with Crippen molar-refractivity contribution in [3.63, 3.8) is 0 Å². The van der Waals surface area contributed by atoms with Gasteiger partial charge in [0.1, 0.15) is 11.2 Å². The average Bonchev–Trinajstić information content (AvgIpc) is 3.23. The Morgan fingerprint density at radius 3 is 0.817 bits per heavy atom. The van der Waals surface area contributed by atoms with E-state index in [4.69, 9.17) is 18.9 Å². The summed E-state index contributed by atoms with van der Waals surface area (Å²) in [6.07, 6.45) is 3.40. The molecule has 0 heterocycles. The Bertz CT molecular complexity index is 2180. The van der Waals surface area contributed by atoms with Gasteiger partial charge in [0.05, 0.1) is 26.4 Å². The standard InChI is InChI=1S/C54H64O6/c1-11-23-57-47-31-35-27-43-44(28-36(35)32-48(47)58-24-12-2)54(56,42-21-17-40(18-22-42)52(8,9)10)46-30-38-34-50(60-26-14-4)49(59-25-13-3)33-37(38)29-45(46)53(43,55)41-19-15-39(16-20-41)51(5,6)7/h15-22,27-34,55-56H,11-14,23-26H2,1-10H3. The summed E-state index contributed by atoms with van der Waals surface area (Å²) in [5.74, 6) is 2.64. The zero-order chi connectivity index (χ0) is 43.0. The lowest BCUT2D eigenvalue weighted by Crippen LogP contribution is -2.44. The minimum absolute atomic E-state index is 0.0890. The highest BCUT2D eigenvalue weighted by molar-refractivity contribution is 5.92. The van der Waals surface area contributed by atoms with Gasteiger partial charge < -0.3 is 29.2 Å². The second-order valence-electron chi connectivity index (χ2n) is 18.6. The Balaban J connectivity index is 1.61. The van der Waals surface area contributed by atoms with E-state index in [0.717, 1.165) is 58.4 Å². The molecule has 6 nitrogen and oxygen atoms in total. The van der Waals surface area contributed by atoms with E-state index in [1.54, 1.807) is 0 Å². The first-order valence-corrected chi connectivity index (χ1v) is 22.0. The number of hydrogen-bond acceptors (Lipinski definition) is 6. The summed E-state index contributed by atoms with van der Waals surface area (Å²) in [6.45, 7) is 23.7. The van der Waals surface area contributed by atoms with Gasteiger partial charge in [-0.05, 0) is 129 Å². The Labute approximate surface area is 357 Å². The maximum absolute atomic E-state index is 13.9. The lowest BCUT2D eigenvalue weighted by atomic mass is 9.62. The Morgan fingerprint density at radius 2 is 0.617 bits per heavy atom. The second-order valence-corrected chi connectivity index (χ2v) is 18.6. The first kappa shape index (κ1) is 43.1. The van der Waals surface area contributed by atoms with Crippen LogP contribution in [0.4, 0.5) is 0 Å². The molecule has 0 aromatic heterocycles. The minimum Gasteiger partial charge on any atom is -0.490 e. The lowest BCUT2D eigenvalue weighted by Gasteiger charge is -2.46. The number of benzene rings is 6. The molecule has 7 rings (SSSR count). The Kier molecular flexibility index (Phi) is 12.0. The highest BCUT2D eigenvalue weighted by Crippen LogP contribution is 2.56. The number of fused-ring (bicyclic) bond motifs is 4. The molecule has 2 N–H and O–H groups in total. The van der Waals surface area contributed by atoms with Gasteiger partial charge in [-0.2, -0.15) is 0 Å². The van der Waals surface area contributed by atoms with Crippen LogP contribution in [0.25, 0.3) is 21.5 Å². The summed E-state index contributed by atoms with van der Waals surface area (Å²) in [6, 6.07) is 32.9. The molecular formula is C54H64O6. The maximum Gasteiger partial charge on any atom is 0.161 e. The fourth-order valence-electron chi connectivity index (χ4n) is 8.45. The quantitative estimate of drug-likeness (QED) is 0.114. The number of rotatable bonds is 14. The van der Waals surface area contributed by atoms with E-state index in [1.165, 1.54) is 0 Å². The maximum atomic E-state index is 13.9. The second kappa shape index (κ2) is 16.8. The zero-order valence-electron chi connectivity index (χ0n) is 37.4. The van der Waals surface area contributed by atoms with E-state index in [0.29, 0.717) is 82.8 Å². The normalized spacial score (nSPS) is 17.7. The predicted molar refractivity (Wildman–Crippen MR) is 246 cm³/mol. The summed E-state index contributed by atoms with van der Waals surface area (Å²) in [5.41, 5.74) is 2.60. The Morgan fingerprint density at radius 1 is 0.383 bits per heavy atom. The molecule has 0 unspecified atom stereocenters. The molecule has 0 aliphatic heterocycles. The van der Waals surface area contributed by atoms with Crippen molar-refractivity contribution in [2.24, 2.45) is 0 Å². The minimum atomic E-state index is -1.68. The highest BCUT2D eigenvalue weighted by Gasteiger charge is 2.51. The molecule has 316 valence electrons. The molecule has 0 radical (unpaired) electrons. The number of ether oxygens (including phenoxy) is 4. The third-order valence-corrected chi connectivity index (χ3v) is 11.8. The molecule has 0 amide bonds. The van der Waals surface area contributed by atoms with Crippen LogP contribution < -0.4 is 18.9 Å². The van der Waals surface area contributed by atoms with Crippen molar-refractivity contribution in [1.82, 2.24) is 0 Å². The van der Waals surface area contributed by atoms with Crippen LogP contribution in [-0.4, -0.2) is 36.6 Å². The van der Waals surface area contributed by atoms with Gasteiger partial charge in [-0.25, -0.2) is 0 Å². The van der Waals surface area contributed by atoms with Crippen molar-refractivity contribution < 1.29 is 29.2 Å². The van der Waals surface area contributed by atoms with E-state index in [2.05, 4.69) is 93.5 Å².